The lowest BCUT2D eigenvalue weighted by molar-refractivity contribution is 0.0679. The van der Waals surface area contributed by atoms with Crippen molar-refractivity contribution in [1.29, 1.82) is 0 Å². The first-order valence-electron chi connectivity index (χ1n) is 8.09. The molecule has 0 radical (unpaired) electrons. The van der Waals surface area contributed by atoms with Gasteiger partial charge in [-0.2, -0.15) is 0 Å². The molecular formula is C17H26N2O2. The smallest absolute Gasteiger partial charge is 0.119 e. The van der Waals surface area contributed by atoms with Crippen LogP contribution in [0.2, 0.25) is 0 Å². The van der Waals surface area contributed by atoms with Crippen LogP contribution in [0.15, 0.2) is 24.3 Å². The Kier molecular flexibility index (Phi) is 4.99. The summed E-state index contributed by atoms with van der Waals surface area (Å²) in [7, 11) is 2.03. The largest absolute Gasteiger partial charge is 0.491 e. The molecule has 4 nitrogen and oxygen atoms in total. The number of nitrogens with one attached hydrogen (secondary N) is 1. The third kappa shape index (κ3) is 3.89. The van der Waals surface area contributed by atoms with Gasteiger partial charge in [0, 0.05) is 25.4 Å². The van der Waals surface area contributed by atoms with Crippen LogP contribution in [-0.4, -0.2) is 46.0 Å². The molecule has 0 aromatic heterocycles. The van der Waals surface area contributed by atoms with Crippen molar-refractivity contribution in [2.24, 2.45) is 5.92 Å². The van der Waals surface area contributed by atoms with Crippen molar-refractivity contribution < 1.29 is 9.47 Å². The molecule has 0 spiro atoms. The molecule has 21 heavy (non-hydrogen) atoms. The van der Waals surface area contributed by atoms with Crippen molar-refractivity contribution in [2.45, 2.75) is 25.4 Å². The maximum absolute atomic E-state index is 5.81. The van der Waals surface area contributed by atoms with Crippen LogP contribution in [0.25, 0.3) is 0 Å². The van der Waals surface area contributed by atoms with Gasteiger partial charge in [0.15, 0.2) is 0 Å². The first kappa shape index (κ1) is 14.7. The maximum atomic E-state index is 5.81. The van der Waals surface area contributed by atoms with Gasteiger partial charge in [-0.05, 0) is 63.0 Å². The summed E-state index contributed by atoms with van der Waals surface area (Å²) in [6, 6.07) is 8.50. The highest BCUT2D eigenvalue weighted by Crippen LogP contribution is 2.26. The second-order valence-corrected chi connectivity index (χ2v) is 6.10. The van der Waals surface area contributed by atoms with Crippen molar-refractivity contribution in [3.8, 4) is 5.75 Å². The number of hydrogen-bond donors (Lipinski definition) is 1. The molecule has 2 aliphatic rings. The summed E-state index contributed by atoms with van der Waals surface area (Å²) in [5.41, 5.74) is 1.30. The minimum Gasteiger partial charge on any atom is -0.491 e. The Balaban J connectivity index is 1.49. The molecular weight excluding hydrogens is 264 g/mol. The van der Waals surface area contributed by atoms with E-state index in [1.54, 1.807) is 0 Å². The molecule has 2 fully saturated rings. The summed E-state index contributed by atoms with van der Waals surface area (Å²) < 4.78 is 11.4. The molecule has 3 rings (SSSR count). The van der Waals surface area contributed by atoms with E-state index in [1.165, 1.54) is 12.1 Å². The van der Waals surface area contributed by atoms with Gasteiger partial charge in [-0.3, -0.25) is 0 Å². The van der Waals surface area contributed by atoms with Crippen molar-refractivity contribution in [2.75, 3.05) is 44.8 Å². The van der Waals surface area contributed by atoms with E-state index in [-0.39, 0.29) is 6.10 Å². The van der Waals surface area contributed by atoms with E-state index in [0.717, 1.165) is 50.8 Å². The molecule has 116 valence electrons. The third-order valence-electron chi connectivity index (χ3n) is 4.44. The average molecular weight is 290 g/mol. The van der Waals surface area contributed by atoms with E-state index < -0.39 is 0 Å². The fraction of sp³-hybridized carbons (Fsp3) is 0.647. The molecule has 0 bridgehead atoms. The SMILES string of the molecule is CNCC1CCN(c2ccc(OCC3CCCO3)cc2)C1. The van der Waals surface area contributed by atoms with E-state index in [0.29, 0.717) is 6.61 Å². The predicted octanol–water partition coefficient (Wildman–Crippen LogP) is 2.29. The highest BCUT2D eigenvalue weighted by Gasteiger charge is 2.22. The molecule has 2 saturated heterocycles. The van der Waals surface area contributed by atoms with Gasteiger partial charge < -0.3 is 19.7 Å². The number of nitrogens with zero attached hydrogens (tertiary/aromatic N) is 1. The van der Waals surface area contributed by atoms with Gasteiger partial charge in [-0.15, -0.1) is 0 Å². The highest BCUT2D eigenvalue weighted by atomic mass is 16.5. The van der Waals surface area contributed by atoms with E-state index in [9.17, 15) is 0 Å². The summed E-state index contributed by atoms with van der Waals surface area (Å²) in [6.45, 7) is 4.97. The van der Waals surface area contributed by atoms with Crippen LogP contribution in [0.5, 0.6) is 5.75 Å². The lowest BCUT2D eigenvalue weighted by atomic mass is 10.1. The number of rotatable bonds is 6. The van der Waals surface area contributed by atoms with Crippen LogP contribution in [0.3, 0.4) is 0 Å². The first-order valence-corrected chi connectivity index (χ1v) is 8.09. The quantitative estimate of drug-likeness (QED) is 0.871. The second-order valence-electron chi connectivity index (χ2n) is 6.10. The first-order chi connectivity index (χ1) is 10.3. The molecule has 0 aliphatic carbocycles. The standard InChI is InChI=1S/C17H26N2O2/c1-18-11-14-8-9-19(12-14)15-4-6-16(7-5-15)21-13-17-3-2-10-20-17/h4-7,14,17-18H,2-3,8-13H2,1H3. The molecule has 1 N–H and O–H groups in total. The summed E-state index contributed by atoms with van der Waals surface area (Å²) in [5, 5.41) is 3.28. The maximum Gasteiger partial charge on any atom is 0.119 e. The van der Waals surface area contributed by atoms with Crippen molar-refractivity contribution in [3.63, 3.8) is 0 Å². The number of benzene rings is 1. The van der Waals surface area contributed by atoms with E-state index in [4.69, 9.17) is 9.47 Å². The zero-order valence-corrected chi connectivity index (χ0v) is 12.9. The van der Waals surface area contributed by atoms with Gasteiger partial charge in [-0.1, -0.05) is 0 Å². The van der Waals surface area contributed by atoms with Gasteiger partial charge in [0.2, 0.25) is 0 Å². The van der Waals surface area contributed by atoms with Gasteiger partial charge in [0.05, 0.1) is 6.10 Å². The molecule has 4 heteroatoms. The van der Waals surface area contributed by atoms with E-state index in [2.05, 4.69) is 34.5 Å². The van der Waals surface area contributed by atoms with Gasteiger partial charge in [-0.25, -0.2) is 0 Å². The Morgan fingerprint density at radius 1 is 1.29 bits per heavy atom. The number of ether oxygens (including phenoxy) is 2. The van der Waals surface area contributed by atoms with E-state index in [1.807, 2.05) is 7.05 Å². The summed E-state index contributed by atoms with van der Waals surface area (Å²) in [4.78, 5) is 2.46. The fourth-order valence-corrected chi connectivity index (χ4v) is 3.24. The molecule has 2 heterocycles. The van der Waals surface area contributed by atoms with Crippen LogP contribution < -0.4 is 15.0 Å². The Hall–Kier alpha value is -1.26. The average Bonchev–Trinajstić information content (AvgIpc) is 3.17. The van der Waals surface area contributed by atoms with E-state index >= 15 is 0 Å². The topological polar surface area (TPSA) is 33.7 Å². The Bertz CT molecular complexity index is 429. The summed E-state index contributed by atoms with van der Waals surface area (Å²) in [5.74, 6) is 1.71. The van der Waals surface area contributed by atoms with Crippen molar-refractivity contribution in [3.05, 3.63) is 24.3 Å². The van der Waals surface area contributed by atoms with Crippen LogP contribution in [0.4, 0.5) is 5.69 Å². The van der Waals surface area contributed by atoms with Crippen molar-refractivity contribution >= 4 is 5.69 Å². The zero-order valence-electron chi connectivity index (χ0n) is 12.9. The molecule has 1 aromatic carbocycles. The Morgan fingerprint density at radius 3 is 2.86 bits per heavy atom. The summed E-state index contributed by atoms with van der Waals surface area (Å²) >= 11 is 0. The molecule has 0 saturated carbocycles. The highest BCUT2D eigenvalue weighted by molar-refractivity contribution is 5.49. The van der Waals surface area contributed by atoms with Gasteiger partial charge in [0.1, 0.15) is 12.4 Å². The minimum atomic E-state index is 0.283. The summed E-state index contributed by atoms with van der Waals surface area (Å²) in [6.07, 6.45) is 3.84. The molecule has 2 unspecified atom stereocenters. The Labute approximate surface area is 127 Å². The number of hydrogen-bond acceptors (Lipinski definition) is 4. The van der Waals surface area contributed by atoms with Crippen LogP contribution in [0, 0.1) is 5.92 Å². The van der Waals surface area contributed by atoms with Crippen LogP contribution in [-0.2, 0) is 4.74 Å². The third-order valence-corrected chi connectivity index (χ3v) is 4.44. The lowest BCUT2D eigenvalue weighted by Gasteiger charge is -2.19. The van der Waals surface area contributed by atoms with Gasteiger partial charge >= 0.3 is 0 Å². The molecule has 0 amide bonds. The van der Waals surface area contributed by atoms with Crippen molar-refractivity contribution in [1.82, 2.24) is 5.32 Å². The fourth-order valence-electron chi connectivity index (χ4n) is 3.24. The lowest BCUT2D eigenvalue weighted by Crippen LogP contribution is -2.24. The predicted molar refractivity (Wildman–Crippen MR) is 85.2 cm³/mol. The van der Waals surface area contributed by atoms with Gasteiger partial charge in [0.25, 0.3) is 0 Å². The normalized spacial score (nSPS) is 25.5. The Morgan fingerprint density at radius 2 is 2.14 bits per heavy atom. The van der Waals surface area contributed by atoms with Crippen LogP contribution in [0.1, 0.15) is 19.3 Å². The molecule has 2 atom stereocenters. The molecule has 1 aromatic rings. The molecule has 2 aliphatic heterocycles. The zero-order chi connectivity index (χ0) is 14.5. The minimum absolute atomic E-state index is 0.283. The second kappa shape index (κ2) is 7.14. The number of anilines is 1. The van der Waals surface area contributed by atoms with Crippen LogP contribution >= 0.6 is 0 Å². The monoisotopic (exact) mass is 290 g/mol.